The lowest BCUT2D eigenvalue weighted by Gasteiger charge is -2.49. The molecule has 5 rings (SSSR count). The first-order valence-electron chi connectivity index (χ1n) is 11.7. The van der Waals surface area contributed by atoms with E-state index in [1.165, 1.54) is 17.0 Å². The number of alkyl halides is 3. The Balaban J connectivity index is 1.39. The lowest BCUT2D eigenvalue weighted by atomic mass is 9.84. The van der Waals surface area contributed by atoms with Crippen LogP contribution in [0.2, 0.25) is 0 Å². The third-order valence-electron chi connectivity index (χ3n) is 7.28. The van der Waals surface area contributed by atoms with Gasteiger partial charge in [0.2, 0.25) is 23.5 Å². The minimum Gasteiger partial charge on any atom is -0.370 e. The molecule has 13 nitrogen and oxygen atoms in total. The molecule has 2 fully saturated rings. The van der Waals surface area contributed by atoms with Gasteiger partial charge < -0.3 is 37.2 Å². The second-order valence-corrected chi connectivity index (χ2v) is 9.64. The smallest absolute Gasteiger partial charge is 0.370 e. The van der Waals surface area contributed by atoms with Crippen LogP contribution in [0.15, 0.2) is 34.3 Å². The van der Waals surface area contributed by atoms with Gasteiger partial charge in [0.05, 0.1) is 24.6 Å². The van der Waals surface area contributed by atoms with Gasteiger partial charge in [-0.25, -0.2) is 9.98 Å². The van der Waals surface area contributed by atoms with Crippen LogP contribution in [0.4, 0.5) is 13.2 Å². The molecule has 4 atom stereocenters. The summed E-state index contributed by atoms with van der Waals surface area (Å²) >= 11 is 0. The van der Waals surface area contributed by atoms with Gasteiger partial charge in [0.1, 0.15) is 12.1 Å². The molecule has 0 aliphatic carbocycles. The van der Waals surface area contributed by atoms with Gasteiger partial charge in [0.25, 0.3) is 0 Å². The van der Waals surface area contributed by atoms with Gasteiger partial charge in [0.15, 0.2) is 17.6 Å². The predicted octanol–water partition coefficient (Wildman–Crippen LogP) is -2.44. The molecule has 4 heterocycles. The second-order valence-electron chi connectivity index (χ2n) is 9.64. The normalized spacial score (nSPS) is 30.0. The van der Waals surface area contributed by atoms with Gasteiger partial charge >= 0.3 is 6.18 Å². The maximum absolute atomic E-state index is 13.0. The van der Waals surface area contributed by atoms with E-state index in [4.69, 9.17) is 11.5 Å². The molecule has 1 aromatic carbocycles. The molecule has 8 N–H and O–H groups in total. The van der Waals surface area contributed by atoms with Gasteiger partial charge in [-0.3, -0.25) is 19.3 Å². The van der Waals surface area contributed by atoms with Crippen LogP contribution in [0.1, 0.15) is 24.0 Å². The second kappa shape index (κ2) is 8.56. The molecular weight excluding hydrogens is 513 g/mol. The van der Waals surface area contributed by atoms with Gasteiger partial charge in [-0.05, 0) is 11.6 Å². The Hall–Kier alpha value is -3.92. The van der Waals surface area contributed by atoms with Crippen molar-refractivity contribution in [3.8, 4) is 0 Å². The number of rotatable bonds is 5. The van der Waals surface area contributed by atoms with Crippen molar-refractivity contribution in [3.63, 3.8) is 0 Å². The molecule has 1 aromatic rings. The largest absolute Gasteiger partial charge is 0.416 e. The topological polar surface area (TPSA) is 199 Å². The van der Waals surface area contributed by atoms with Crippen LogP contribution in [0.25, 0.3) is 0 Å². The average molecular weight is 538 g/mol. The SMILES string of the molecule is NC1=N[C@H]2[C@H](CN3C(=O)CCC3=O)N=C(N)N3C[C@H](NC(=O)Cc4cccc(C(F)(F)F)c4)C(O)(O)[C@]23N1. The fraction of sp³-hybridized carbons (Fsp3) is 0.500. The van der Waals surface area contributed by atoms with Crippen molar-refractivity contribution >= 4 is 29.6 Å². The van der Waals surface area contributed by atoms with Gasteiger partial charge in [-0.2, -0.15) is 13.2 Å². The lowest BCUT2D eigenvalue weighted by Crippen LogP contribution is -2.78. The first-order valence-corrected chi connectivity index (χ1v) is 11.7. The summed E-state index contributed by atoms with van der Waals surface area (Å²) in [5.41, 5.74) is 9.30. The molecule has 0 aromatic heterocycles. The zero-order valence-corrected chi connectivity index (χ0v) is 19.8. The van der Waals surface area contributed by atoms with E-state index in [-0.39, 0.29) is 43.4 Å². The van der Waals surface area contributed by atoms with E-state index in [1.807, 2.05) is 0 Å². The number of aliphatic imine (C=N–C) groups is 2. The number of hydrogen-bond donors (Lipinski definition) is 6. The summed E-state index contributed by atoms with van der Waals surface area (Å²) in [6.07, 6.45) is -4.98. The number of benzene rings is 1. The summed E-state index contributed by atoms with van der Waals surface area (Å²) in [6.45, 7) is -0.489. The van der Waals surface area contributed by atoms with Crippen LogP contribution in [-0.2, 0) is 27.0 Å². The molecule has 2 saturated heterocycles. The standard InChI is InChI=1S/C22H25F3N8O5/c23-22(24,25)11-3-1-2-10(6-11)7-14(34)29-13-9-33-19(27)28-12(8-32-15(35)4-5-16(32)36)17-20(33,21(13,37)38)31-18(26)30-17/h1-3,6,12-13,17,37-38H,4-5,7-9H2,(H2,27,28)(H,29,34)(H3,26,30,31)/t12-,13-,17-,20-/m0/s1. The van der Waals surface area contributed by atoms with Crippen molar-refractivity contribution in [2.75, 3.05) is 13.1 Å². The summed E-state index contributed by atoms with van der Waals surface area (Å²) in [5, 5.41) is 28.0. The highest BCUT2D eigenvalue weighted by molar-refractivity contribution is 6.02. The zero-order chi connectivity index (χ0) is 27.6. The van der Waals surface area contributed by atoms with E-state index in [2.05, 4.69) is 20.6 Å². The molecule has 4 aliphatic heterocycles. The van der Waals surface area contributed by atoms with Crippen molar-refractivity contribution in [2.45, 2.75) is 55.0 Å². The lowest BCUT2D eigenvalue weighted by molar-refractivity contribution is -0.232. The number of guanidine groups is 2. The molecule has 0 radical (unpaired) electrons. The molecular formula is C22H25F3N8O5. The van der Waals surface area contributed by atoms with Crippen molar-refractivity contribution in [1.29, 1.82) is 0 Å². The quantitative estimate of drug-likeness (QED) is 0.174. The number of aliphatic hydroxyl groups is 2. The van der Waals surface area contributed by atoms with E-state index >= 15 is 0 Å². The maximum Gasteiger partial charge on any atom is 0.416 e. The Bertz CT molecular complexity index is 1250. The van der Waals surface area contributed by atoms with Crippen LogP contribution in [0.3, 0.4) is 0 Å². The highest BCUT2D eigenvalue weighted by Gasteiger charge is 2.73. The van der Waals surface area contributed by atoms with E-state index in [0.717, 1.165) is 17.0 Å². The zero-order valence-electron chi connectivity index (χ0n) is 19.8. The highest BCUT2D eigenvalue weighted by Crippen LogP contribution is 2.45. The Morgan fingerprint density at radius 3 is 2.53 bits per heavy atom. The molecule has 3 amide bonds. The molecule has 204 valence electrons. The fourth-order valence-electron chi connectivity index (χ4n) is 5.54. The minimum atomic E-state index is -4.59. The highest BCUT2D eigenvalue weighted by atomic mass is 19.4. The first-order chi connectivity index (χ1) is 17.7. The molecule has 0 bridgehead atoms. The Labute approximate surface area is 213 Å². The van der Waals surface area contributed by atoms with E-state index in [0.29, 0.717) is 0 Å². The van der Waals surface area contributed by atoms with Gasteiger partial charge in [-0.1, -0.05) is 18.2 Å². The molecule has 0 unspecified atom stereocenters. The van der Waals surface area contributed by atoms with Crippen molar-refractivity contribution in [1.82, 2.24) is 20.4 Å². The number of nitrogens with two attached hydrogens (primary N) is 2. The van der Waals surface area contributed by atoms with Crippen molar-refractivity contribution in [2.24, 2.45) is 21.5 Å². The third-order valence-corrected chi connectivity index (χ3v) is 7.28. The Morgan fingerprint density at radius 2 is 1.87 bits per heavy atom. The summed E-state index contributed by atoms with van der Waals surface area (Å²) in [6, 6.07) is 0.708. The monoisotopic (exact) mass is 538 g/mol. The molecule has 1 spiro atoms. The molecule has 4 aliphatic rings. The summed E-state index contributed by atoms with van der Waals surface area (Å²) < 4.78 is 39.1. The van der Waals surface area contributed by atoms with Gasteiger partial charge in [0, 0.05) is 19.4 Å². The number of halogens is 3. The van der Waals surface area contributed by atoms with E-state index in [1.54, 1.807) is 0 Å². The number of likely N-dealkylation sites (tertiary alicyclic amines) is 1. The maximum atomic E-state index is 13.0. The van der Waals surface area contributed by atoms with Crippen LogP contribution < -0.4 is 22.1 Å². The van der Waals surface area contributed by atoms with Crippen molar-refractivity contribution in [3.05, 3.63) is 35.4 Å². The average Bonchev–Trinajstić information content (AvgIpc) is 3.41. The number of amides is 3. The Morgan fingerprint density at radius 1 is 1.18 bits per heavy atom. The number of carbonyl (C=O) groups excluding carboxylic acids is 3. The summed E-state index contributed by atoms with van der Waals surface area (Å²) in [7, 11) is 0. The van der Waals surface area contributed by atoms with E-state index in [9.17, 15) is 37.8 Å². The number of imide groups is 1. The number of nitrogens with one attached hydrogen (secondary N) is 2. The number of nitrogens with zero attached hydrogens (tertiary/aromatic N) is 4. The van der Waals surface area contributed by atoms with Crippen molar-refractivity contribution < 1.29 is 37.8 Å². The van der Waals surface area contributed by atoms with Crippen LogP contribution >= 0.6 is 0 Å². The van der Waals surface area contributed by atoms with Gasteiger partial charge in [-0.15, -0.1) is 0 Å². The summed E-state index contributed by atoms with van der Waals surface area (Å²) in [5.74, 6) is -4.73. The van der Waals surface area contributed by atoms with Crippen LogP contribution in [0.5, 0.6) is 0 Å². The number of carbonyl (C=O) groups is 3. The predicted molar refractivity (Wildman–Crippen MR) is 124 cm³/mol. The molecule has 16 heteroatoms. The molecule has 0 saturated carbocycles. The molecule has 38 heavy (non-hydrogen) atoms. The minimum absolute atomic E-state index is 0.0419. The third kappa shape index (κ3) is 3.91. The van der Waals surface area contributed by atoms with E-state index < -0.39 is 65.5 Å². The number of hydrogen-bond acceptors (Lipinski definition) is 11. The summed E-state index contributed by atoms with van der Waals surface area (Å²) in [4.78, 5) is 48.0. The first kappa shape index (κ1) is 25.7. The van der Waals surface area contributed by atoms with Crippen LogP contribution in [-0.4, -0.2) is 92.3 Å². The Kier molecular flexibility index (Phi) is 5.79. The van der Waals surface area contributed by atoms with Crippen LogP contribution in [0, 0.1) is 0 Å². The fourth-order valence-corrected chi connectivity index (χ4v) is 5.54.